The van der Waals surface area contributed by atoms with E-state index in [0.717, 1.165) is 22.5 Å². The number of ether oxygens (including phenoxy) is 1. The summed E-state index contributed by atoms with van der Waals surface area (Å²) in [6, 6.07) is 12.8. The summed E-state index contributed by atoms with van der Waals surface area (Å²) in [4.78, 5) is 15.4. The average Bonchev–Trinajstić information content (AvgIpc) is 2.90. The van der Waals surface area contributed by atoms with Gasteiger partial charge in [0, 0.05) is 24.2 Å². The van der Waals surface area contributed by atoms with Gasteiger partial charge in [0.1, 0.15) is 11.3 Å². The van der Waals surface area contributed by atoms with Crippen molar-refractivity contribution in [3.05, 3.63) is 42.5 Å². The maximum Gasteiger partial charge on any atom is 0.227 e. The number of amides is 1. The van der Waals surface area contributed by atoms with Crippen LogP contribution in [0.4, 0.5) is 5.69 Å². The van der Waals surface area contributed by atoms with Gasteiger partial charge in [0.25, 0.3) is 0 Å². The third kappa shape index (κ3) is 2.72. The average molecular weight is 282 g/mol. The van der Waals surface area contributed by atoms with Gasteiger partial charge in [0.05, 0.1) is 7.11 Å². The molecule has 0 aliphatic carbocycles. The summed E-state index contributed by atoms with van der Waals surface area (Å²) in [6.07, 6.45) is 0. The Bertz CT molecular complexity index is 791. The highest BCUT2D eigenvalue weighted by atomic mass is 16.5. The number of nitrogens with one attached hydrogen (secondary N) is 1. The lowest BCUT2D eigenvalue weighted by atomic mass is 10.2. The summed E-state index contributed by atoms with van der Waals surface area (Å²) in [6.45, 7) is 1.47. The second-order valence-electron chi connectivity index (χ2n) is 4.61. The fourth-order valence-corrected chi connectivity index (χ4v) is 2.06. The van der Waals surface area contributed by atoms with Crippen LogP contribution in [-0.4, -0.2) is 18.0 Å². The molecule has 1 N–H and O–H groups in total. The number of hydrogen-bond acceptors (Lipinski definition) is 4. The van der Waals surface area contributed by atoms with Crippen LogP contribution >= 0.6 is 0 Å². The highest BCUT2D eigenvalue weighted by Gasteiger charge is 2.09. The first-order valence-electron chi connectivity index (χ1n) is 6.48. The SMILES string of the molecule is COc1ccc2oc(-c3ccc(NC(C)=O)cc3)nc2c1. The van der Waals surface area contributed by atoms with E-state index in [1.54, 1.807) is 7.11 Å². The summed E-state index contributed by atoms with van der Waals surface area (Å²) >= 11 is 0. The minimum atomic E-state index is -0.100. The van der Waals surface area contributed by atoms with Crippen molar-refractivity contribution in [3.63, 3.8) is 0 Å². The molecular formula is C16H14N2O3. The normalized spacial score (nSPS) is 10.6. The van der Waals surface area contributed by atoms with Gasteiger partial charge < -0.3 is 14.5 Å². The van der Waals surface area contributed by atoms with E-state index in [4.69, 9.17) is 9.15 Å². The van der Waals surface area contributed by atoms with Crippen molar-refractivity contribution in [1.82, 2.24) is 4.98 Å². The molecule has 0 fully saturated rings. The summed E-state index contributed by atoms with van der Waals surface area (Å²) in [5, 5.41) is 2.72. The van der Waals surface area contributed by atoms with Crippen LogP contribution in [0.15, 0.2) is 46.9 Å². The van der Waals surface area contributed by atoms with Gasteiger partial charge in [-0.15, -0.1) is 0 Å². The van der Waals surface area contributed by atoms with E-state index >= 15 is 0 Å². The molecule has 2 aromatic carbocycles. The van der Waals surface area contributed by atoms with Gasteiger partial charge in [0.2, 0.25) is 11.8 Å². The van der Waals surface area contributed by atoms with Crippen molar-refractivity contribution in [3.8, 4) is 17.2 Å². The number of anilines is 1. The maximum absolute atomic E-state index is 11.0. The highest BCUT2D eigenvalue weighted by molar-refractivity contribution is 5.89. The van der Waals surface area contributed by atoms with Crippen molar-refractivity contribution < 1.29 is 13.9 Å². The number of carbonyl (C=O) groups excluding carboxylic acids is 1. The topological polar surface area (TPSA) is 64.4 Å². The number of carbonyl (C=O) groups is 1. The smallest absolute Gasteiger partial charge is 0.227 e. The molecule has 0 radical (unpaired) electrons. The Hall–Kier alpha value is -2.82. The van der Waals surface area contributed by atoms with Gasteiger partial charge in [-0.2, -0.15) is 0 Å². The standard InChI is InChI=1S/C16H14N2O3/c1-10(19)17-12-5-3-11(4-6-12)16-18-14-9-13(20-2)7-8-15(14)21-16/h3-9H,1-2H3,(H,17,19). The number of benzene rings is 2. The summed E-state index contributed by atoms with van der Waals surface area (Å²) in [7, 11) is 1.61. The molecule has 0 saturated carbocycles. The number of fused-ring (bicyclic) bond motifs is 1. The maximum atomic E-state index is 11.0. The Balaban J connectivity index is 1.94. The van der Waals surface area contributed by atoms with Crippen molar-refractivity contribution in [2.75, 3.05) is 12.4 Å². The molecule has 106 valence electrons. The van der Waals surface area contributed by atoms with Crippen LogP contribution in [0.5, 0.6) is 5.75 Å². The zero-order valence-corrected chi connectivity index (χ0v) is 11.7. The lowest BCUT2D eigenvalue weighted by Gasteiger charge is -2.01. The van der Waals surface area contributed by atoms with E-state index in [-0.39, 0.29) is 5.91 Å². The van der Waals surface area contributed by atoms with E-state index in [1.165, 1.54) is 6.92 Å². The molecular weight excluding hydrogens is 268 g/mol. The molecule has 5 heteroatoms. The first kappa shape index (κ1) is 13.2. The minimum Gasteiger partial charge on any atom is -0.497 e. The number of nitrogens with zero attached hydrogens (tertiary/aromatic N) is 1. The number of rotatable bonds is 3. The van der Waals surface area contributed by atoms with Gasteiger partial charge in [-0.05, 0) is 36.4 Å². The minimum absolute atomic E-state index is 0.100. The summed E-state index contributed by atoms with van der Waals surface area (Å²) in [5.41, 5.74) is 3.04. The fraction of sp³-hybridized carbons (Fsp3) is 0.125. The number of oxazole rings is 1. The molecule has 0 saturated heterocycles. The molecule has 0 aliphatic heterocycles. The molecule has 0 unspecified atom stereocenters. The summed E-state index contributed by atoms with van der Waals surface area (Å²) in [5.74, 6) is 1.17. The van der Waals surface area contributed by atoms with Crippen molar-refractivity contribution >= 4 is 22.7 Å². The number of aromatic nitrogens is 1. The quantitative estimate of drug-likeness (QED) is 0.799. The van der Waals surface area contributed by atoms with Crippen LogP contribution in [0.2, 0.25) is 0 Å². The van der Waals surface area contributed by atoms with E-state index in [2.05, 4.69) is 10.3 Å². The molecule has 1 amide bonds. The Kier molecular flexibility index (Phi) is 3.31. The van der Waals surface area contributed by atoms with E-state index in [1.807, 2.05) is 42.5 Å². The second kappa shape index (κ2) is 5.28. The van der Waals surface area contributed by atoms with Crippen LogP contribution in [0.3, 0.4) is 0 Å². The molecule has 5 nitrogen and oxygen atoms in total. The molecule has 0 spiro atoms. The summed E-state index contributed by atoms with van der Waals surface area (Å²) < 4.78 is 10.9. The van der Waals surface area contributed by atoms with Crippen molar-refractivity contribution in [2.24, 2.45) is 0 Å². The molecule has 1 heterocycles. The van der Waals surface area contributed by atoms with Crippen LogP contribution < -0.4 is 10.1 Å². The molecule has 3 aromatic rings. The van der Waals surface area contributed by atoms with Crippen molar-refractivity contribution in [1.29, 1.82) is 0 Å². The lowest BCUT2D eigenvalue weighted by Crippen LogP contribution is -2.05. The third-order valence-corrected chi connectivity index (χ3v) is 3.05. The van der Waals surface area contributed by atoms with Crippen LogP contribution in [0.25, 0.3) is 22.6 Å². The fourth-order valence-electron chi connectivity index (χ4n) is 2.06. The second-order valence-corrected chi connectivity index (χ2v) is 4.61. The Morgan fingerprint density at radius 2 is 1.95 bits per heavy atom. The van der Waals surface area contributed by atoms with E-state index in [0.29, 0.717) is 11.5 Å². The highest BCUT2D eigenvalue weighted by Crippen LogP contribution is 2.27. The Morgan fingerprint density at radius 3 is 2.62 bits per heavy atom. The van der Waals surface area contributed by atoms with Gasteiger partial charge in [-0.25, -0.2) is 4.98 Å². The van der Waals surface area contributed by atoms with E-state index in [9.17, 15) is 4.79 Å². The zero-order chi connectivity index (χ0) is 14.8. The molecule has 1 aromatic heterocycles. The zero-order valence-electron chi connectivity index (χ0n) is 11.7. The molecule has 21 heavy (non-hydrogen) atoms. The van der Waals surface area contributed by atoms with Gasteiger partial charge >= 0.3 is 0 Å². The first-order valence-corrected chi connectivity index (χ1v) is 6.48. The Labute approximate surface area is 121 Å². The van der Waals surface area contributed by atoms with Crippen LogP contribution in [0.1, 0.15) is 6.92 Å². The largest absolute Gasteiger partial charge is 0.497 e. The third-order valence-electron chi connectivity index (χ3n) is 3.05. The van der Waals surface area contributed by atoms with Crippen LogP contribution in [0, 0.1) is 0 Å². The van der Waals surface area contributed by atoms with Gasteiger partial charge in [-0.3, -0.25) is 4.79 Å². The van der Waals surface area contributed by atoms with E-state index < -0.39 is 0 Å². The molecule has 0 atom stereocenters. The first-order chi connectivity index (χ1) is 10.2. The molecule has 0 bridgehead atoms. The monoisotopic (exact) mass is 282 g/mol. The predicted molar refractivity (Wildman–Crippen MR) is 80.3 cm³/mol. The van der Waals surface area contributed by atoms with Crippen molar-refractivity contribution in [2.45, 2.75) is 6.92 Å². The molecule has 0 aliphatic rings. The van der Waals surface area contributed by atoms with Gasteiger partial charge in [-0.1, -0.05) is 0 Å². The van der Waals surface area contributed by atoms with Crippen LogP contribution in [-0.2, 0) is 4.79 Å². The van der Waals surface area contributed by atoms with Gasteiger partial charge in [0.15, 0.2) is 5.58 Å². The Morgan fingerprint density at radius 1 is 1.19 bits per heavy atom. The molecule has 3 rings (SSSR count). The predicted octanol–water partition coefficient (Wildman–Crippen LogP) is 3.46. The number of hydrogen-bond donors (Lipinski definition) is 1. The lowest BCUT2D eigenvalue weighted by molar-refractivity contribution is -0.114. The number of methoxy groups -OCH3 is 1.